The van der Waals surface area contributed by atoms with Crippen molar-refractivity contribution in [1.29, 1.82) is 5.26 Å². The number of rotatable bonds is 4. The molecule has 7 heteroatoms. The highest BCUT2D eigenvalue weighted by Crippen LogP contribution is 2.17. The fraction of sp³-hybridized carbons (Fsp3) is 0. The Hall–Kier alpha value is -3.17. The van der Waals surface area contributed by atoms with E-state index in [9.17, 15) is 14.9 Å². The highest BCUT2D eigenvalue weighted by molar-refractivity contribution is 6.30. The fourth-order valence-electron chi connectivity index (χ4n) is 1.74. The molecule has 0 heterocycles. The van der Waals surface area contributed by atoms with Crippen LogP contribution in [0.4, 0.5) is 11.4 Å². The first-order chi connectivity index (χ1) is 11.0. The monoisotopic (exact) mass is 327 g/mol. The highest BCUT2D eigenvalue weighted by Gasteiger charge is 2.11. The molecule has 0 radical (unpaired) electrons. The molecule has 2 rings (SSSR count). The number of non-ortho nitro benzene ring substituents is 1. The molecule has 0 spiro atoms. The van der Waals surface area contributed by atoms with Crippen LogP contribution in [0.1, 0.15) is 5.56 Å². The van der Waals surface area contributed by atoms with Crippen LogP contribution in [-0.2, 0) is 4.79 Å². The maximum absolute atomic E-state index is 12.1. The summed E-state index contributed by atoms with van der Waals surface area (Å²) < 4.78 is 0. The van der Waals surface area contributed by atoms with Gasteiger partial charge in [0.05, 0.1) is 4.92 Å². The van der Waals surface area contributed by atoms with Crippen molar-refractivity contribution in [3.8, 4) is 6.07 Å². The van der Waals surface area contributed by atoms with Gasteiger partial charge in [0.25, 0.3) is 11.6 Å². The SMILES string of the molecule is N#CC(=Cc1ccc(Cl)cc1)C(=O)Nc1ccc([N+](=O)[O-])cc1. The Morgan fingerprint density at radius 1 is 1.17 bits per heavy atom. The van der Waals surface area contributed by atoms with Gasteiger partial charge in [-0.2, -0.15) is 5.26 Å². The van der Waals surface area contributed by atoms with E-state index in [4.69, 9.17) is 16.9 Å². The summed E-state index contributed by atoms with van der Waals surface area (Å²) in [6.07, 6.45) is 1.43. The summed E-state index contributed by atoms with van der Waals surface area (Å²) >= 11 is 5.77. The standard InChI is InChI=1S/C16H10ClN3O3/c17-13-3-1-11(2-4-13)9-12(10-18)16(21)19-14-5-7-15(8-6-14)20(22)23/h1-9H,(H,19,21). The third-order valence-electron chi connectivity index (χ3n) is 2.88. The van der Waals surface area contributed by atoms with Gasteiger partial charge in [-0.1, -0.05) is 23.7 Å². The zero-order valence-electron chi connectivity index (χ0n) is 11.7. The van der Waals surface area contributed by atoms with Crippen LogP contribution in [0, 0.1) is 21.4 Å². The number of anilines is 1. The van der Waals surface area contributed by atoms with Crippen LogP contribution in [0.3, 0.4) is 0 Å². The minimum Gasteiger partial charge on any atom is -0.321 e. The predicted octanol–water partition coefficient (Wildman–Crippen LogP) is 3.79. The lowest BCUT2D eigenvalue weighted by Gasteiger charge is -2.04. The van der Waals surface area contributed by atoms with E-state index in [0.717, 1.165) is 0 Å². The van der Waals surface area contributed by atoms with Crippen LogP contribution in [-0.4, -0.2) is 10.8 Å². The lowest BCUT2D eigenvalue weighted by Crippen LogP contribution is -2.13. The van der Waals surface area contributed by atoms with Gasteiger partial charge in [-0.15, -0.1) is 0 Å². The average molecular weight is 328 g/mol. The van der Waals surface area contributed by atoms with Crippen LogP contribution < -0.4 is 5.32 Å². The second-order valence-electron chi connectivity index (χ2n) is 4.48. The number of halogens is 1. The molecule has 0 unspecified atom stereocenters. The van der Waals surface area contributed by atoms with Gasteiger partial charge in [0.1, 0.15) is 11.6 Å². The molecule has 0 bridgehead atoms. The first-order valence-electron chi connectivity index (χ1n) is 6.43. The maximum atomic E-state index is 12.1. The summed E-state index contributed by atoms with van der Waals surface area (Å²) in [5.74, 6) is -0.601. The molecule has 114 valence electrons. The van der Waals surface area contributed by atoms with Crippen molar-refractivity contribution in [1.82, 2.24) is 0 Å². The van der Waals surface area contributed by atoms with Gasteiger partial charge in [-0.25, -0.2) is 0 Å². The number of carbonyl (C=O) groups is 1. The maximum Gasteiger partial charge on any atom is 0.269 e. The van der Waals surface area contributed by atoms with Gasteiger partial charge in [-0.05, 0) is 35.9 Å². The third kappa shape index (κ3) is 4.40. The van der Waals surface area contributed by atoms with Crippen LogP contribution in [0.25, 0.3) is 6.08 Å². The number of nitrogens with one attached hydrogen (secondary N) is 1. The van der Waals surface area contributed by atoms with E-state index in [2.05, 4.69) is 5.32 Å². The van der Waals surface area contributed by atoms with Gasteiger partial charge in [0.15, 0.2) is 0 Å². The van der Waals surface area contributed by atoms with Crippen molar-refractivity contribution in [3.05, 3.63) is 74.8 Å². The Bertz CT molecular complexity index is 806. The van der Waals surface area contributed by atoms with E-state index in [1.807, 2.05) is 6.07 Å². The number of carbonyl (C=O) groups excluding carboxylic acids is 1. The summed E-state index contributed by atoms with van der Waals surface area (Å²) in [5.41, 5.74) is 0.841. The van der Waals surface area contributed by atoms with E-state index in [1.165, 1.54) is 30.3 Å². The summed E-state index contributed by atoms with van der Waals surface area (Å²) in [5, 5.41) is 22.7. The summed E-state index contributed by atoms with van der Waals surface area (Å²) in [6, 6.07) is 13.8. The van der Waals surface area contributed by atoms with E-state index in [-0.39, 0.29) is 11.3 Å². The van der Waals surface area contributed by atoms with Gasteiger partial charge >= 0.3 is 0 Å². The van der Waals surface area contributed by atoms with E-state index in [0.29, 0.717) is 16.3 Å². The number of nitro benzene ring substituents is 1. The predicted molar refractivity (Wildman–Crippen MR) is 86.8 cm³/mol. The number of benzene rings is 2. The van der Waals surface area contributed by atoms with Gasteiger partial charge < -0.3 is 5.32 Å². The fourth-order valence-corrected chi connectivity index (χ4v) is 1.87. The van der Waals surface area contributed by atoms with Crippen LogP contribution in [0.15, 0.2) is 54.1 Å². The molecule has 0 aliphatic heterocycles. The molecule has 1 N–H and O–H groups in total. The van der Waals surface area contributed by atoms with Crippen LogP contribution in [0.2, 0.25) is 5.02 Å². The van der Waals surface area contributed by atoms with E-state index < -0.39 is 10.8 Å². The minimum absolute atomic E-state index is 0.0831. The second-order valence-corrected chi connectivity index (χ2v) is 4.92. The minimum atomic E-state index is -0.601. The molecular weight excluding hydrogens is 318 g/mol. The molecule has 0 aromatic heterocycles. The largest absolute Gasteiger partial charge is 0.321 e. The zero-order chi connectivity index (χ0) is 16.8. The van der Waals surface area contributed by atoms with Crippen molar-refractivity contribution in [2.45, 2.75) is 0 Å². The number of nitrogens with zero attached hydrogens (tertiary/aromatic N) is 2. The zero-order valence-corrected chi connectivity index (χ0v) is 12.4. The Labute approximate surface area is 136 Å². The molecule has 0 aliphatic rings. The van der Waals surface area contributed by atoms with Crippen molar-refractivity contribution in [2.75, 3.05) is 5.32 Å². The molecule has 2 aromatic carbocycles. The first-order valence-corrected chi connectivity index (χ1v) is 6.80. The molecule has 0 fully saturated rings. The lowest BCUT2D eigenvalue weighted by molar-refractivity contribution is -0.384. The Kier molecular flexibility index (Phi) is 5.07. The molecule has 0 atom stereocenters. The van der Waals surface area contributed by atoms with Gasteiger partial charge in [0.2, 0.25) is 0 Å². The molecule has 2 aromatic rings. The Balaban J connectivity index is 2.15. The lowest BCUT2D eigenvalue weighted by atomic mass is 10.1. The number of hydrogen-bond donors (Lipinski definition) is 1. The van der Waals surface area contributed by atoms with Crippen molar-refractivity contribution < 1.29 is 9.72 Å². The van der Waals surface area contributed by atoms with E-state index >= 15 is 0 Å². The van der Waals surface area contributed by atoms with Gasteiger partial charge in [0, 0.05) is 22.8 Å². The summed E-state index contributed by atoms with van der Waals surface area (Å²) in [7, 11) is 0. The molecular formula is C16H10ClN3O3. The highest BCUT2D eigenvalue weighted by atomic mass is 35.5. The van der Waals surface area contributed by atoms with Crippen molar-refractivity contribution in [2.24, 2.45) is 0 Å². The third-order valence-corrected chi connectivity index (χ3v) is 3.13. The molecule has 0 aliphatic carbocycles. The summed E-state index contributed by atoms with van der Waals surface area (Å²) in [4.78, 5) is 22.1. The number of amides is 1. The van der Waals surface area contributed by atoms with E-state index in [1.54, 1.807) is 24.3 Å². The topological polar surface area (TPSA) is 96.0 Å². The smallest absolute Gasteiger partial charge is 0.269 e. The van der Waals surface area contributed by atoms with Crippen LogP contribution in [0.5, 0.6) is 0 Å². The second kappa shape index (κ2) is 7.20. The molecule has 0 saturated heterocycles. The number of hydrogen-bond acceptors (Lipinski definition) is 4. The molecule has 6 nitrogen and oxygen atoms in total. The molecule has 23 heavy (non-hydrogen) atoms. The van der Waals surface area contributed by atoms with Gasteiger partial charge in [-0.3, -0.25) is 14.9 Å². The molecule has 1 amide bonds. The molecule has 0 saturated carbocycles. The first kappa shape index (κ1) is 16.2. The summed E-state index contributed by atoms with van der Waals surface area (Å²) in [6.45, 7) is 0. The Morgan fingerprint density at radius 2 is 1.78 bits per heavy atom. The Morgan fingerprint density at radius 3 is 2.30 bits per heavy atom. The number of nitriles is 1. The normalized spacial score (nSPS) is 10.7. The van der Waals surface area contributed by atoms with Crippen LogP contribution >= 0.6 is 11.6 Å². The van der Waals surface area contributed by atoms with Crippen molar-refractivity contribution in [3.63, 3.8) is 0 Å². The quantitative estimate of drug-likeness (QED) is 0.400. The van der Waals surface area contributed by atoms with Crippen molar-refractivity contribution >= 4 is 35.0 Å². The average Bonchev–Trinajstić information content (AvgIpc) is 2.54. The number of nitro groups is 1.